The van der Waals surface area contributed by atoms with Gasteiger partial charge in [0.15, 0.2) is 0 Å². The summed E-state index contributed by atoms with van der Waals surface area (Å²) in [5.41, 5.74) is 1.15. The molecule has 1 heterocycles. The van der Waals surface area contributed by atoms with Gasteiger partial charge in [-0.25, -0.2) is 0 Å². The van der Waals surface area contributed by atoms with E-state index in [1.54, 1.807) is 0 Å². The Labute approximate surface area is 132 Å². The van der Waals surface area contributed by atoms with E-state index < -0.39 is 6.04 Å². The molecule has 4 atom stereocenters. The molecule has 2 fully saturated rings. The lowest BCUT2D eigenvalue weighted by Crippen LogP contribution is -2.64. The molecule has 1 aromatic carbocycles. The van der Waals surface area contributed by atoms with Gasteiger partial charge in [-0.15, -0.1) is 0 Å². The van der Waals surface area contributed by atoms with E-state index in [1.165, 1.54) is 19.3 Å². The normalized spacial score (nSPS) is 31.9. The Hall–Kier alpha value is -1.42. The van der Waals surface area contributed by atoms with Crippen molar-refractivity contribution in [1.82, 2.24) is 4.90 Å². The summed E-state index contributed by atoms with van der Waals surface area (Å²) in [4.78, 5) is 14.1. The number of unbranched alkanes of at least 4 members (excludes halogenated alkanes) is 1. The van der Waals surface area contributed by atoms with Crippen LogP contribution in [-0.4, -0.2) is 35.0 Å². The van der Waals surface area contributed by atoms with Gasteiger partial charge in [-0.05, 0) is 43.8 Å². The van der Waals surface area contributed by atoms with Gasteiger partial charge in [0.05, 0.1) is 12.0 Å². The Kier molecular flexibility index (Phi) is 4.77. The molecule has 0 spiro atoms. The van der Waals surface area contributed by atoms with Crippen molar-refractivity contribution in [2.24, 2.45) is 5.92 Å². The van der Waals surface area contributed by atoms with E-state index in [0.29, 0.717) is 5.92 Å². The Morgan fingerprint density at radius 1 is 1.23 bits per heavy atom. The standard InChI is InChI=1S/C18H26N2O2/c1-2-3-11-15-16(14-9-5-4-6-10-14)18(20(21)22)17(15)19-12-7-8-13-19/h4-6,9-10,15-18H,2-3,7-8,11-13H2,1H3. The number of likely N-dealkylation sites (tertiary alicyclic amines) is 1. The molecule has 1 aliphatic carbocycles. The lowest BCUT2D eigenvalue weighted by molar-refractivity contribution is -0.556. The quantitative estimate of drug-likeness (QED) is 0.594. The van der Waals surface area contributed by atoms with Crippen LogP contribution in [0.5, 0.6) is 0 Å². The van der Waals surface area contributed by atoms with Gasteiger partial charge < -0.3 is 0 Å². The van der Waals surface area contributed by atoms with Crippen molar-refractivity contribution >= 4 is 0 Å². The highest BCUT2D eigenvalue weighted by Crippen LogP contribution is 2.50. The third-order valence-electron chi connectivity index (χ3n) is 5.50. The molecule has 1 aliphatic heterocycles. The smallest absolute Gasteiger partial charge is 0.235 e. The van der Waals surface area contributed by atoms with Gasteiger partial charge in [-0.1, -0.05) is 50.1 Å². The largest absolute Gasteiger partial charge is 0.294 e. The van der Waals surface area contributed by atoms with E-state index >= 15 is 0 Å². The van der Waals surface area contributed by atoms with Crippen LogP contribution < -0.4 is 0 Å². The van der Waals surface area contributed by atoms with E-state index in [2.05, 4.69) is 24.0 Å². The van der Waals surface area contributed by atoms with Gasteiger partial charge in [-0.3, -0.25) is 15.0 Å². The number of hydrogen-bond donors (Lipinski definition) is 0. The molecule has 22 heavy (non-hydrogen) atoms. The Bertz CT molecular complexity index is 499. The van der Waals surface area contributed by atoms with Gasteiger partial charge in [0.25, 0.3) is 0 Å². The Balaban J connectivity index is 1.86. The molecule has 4 nitrogen and oxygen atoms in total. The highest BCUT2D eigenvalue weighted by atomic mass is 16.6. The summed E-state index contributed by atoms with van der Waals surface area (Å²) >= 11 is 0. The second-order valence-electron chi connectivity index (χ2n) is 6.75. The molecule has 0 bridgehead atoms. The molecule has 3 rings (SSSR count). The number of nitro groups is 1. The van der Waals surface area contributed by atoms with Gasteiger partial charge >= 0.3 is 0 Å². The molecule has 0 aromatic heterocycles. The van der Waals surface area contributed by atoms with Crippen LogP contribution in [0, 0.1) is 16.0 Å². The van der Waals surface area contributed by atoms with Crippen LogP contribution in [0.1, 0.15) is 50.5 Å². The van der Waals surface area contributed by atoms with Gasteiger partial charge in [0.2, 0.25) is 6.04 Å². The lowest BCUT2D eigenvalue weighted by atomic mass is 9.60. The summed E-state index contributed by atoms with van der Waals surface area (Å²) in [5.74, 6) is 0.532. The number of rotatable bonds is 6. The topological polar surface area (TPSA) is 46.4 Å². The monoisotopic (exact) mass is 302 g/mol. The molecule has 1 aromatic rings. The number of nitrogens with zero attached hydrogens (tertiary/aromatic N) is 2. The summed E-state index contributed by atoms with van der Waals surface area (Å²) in [5, 5.41) is 11.7. The minimum Gasteiger partial charge on any atom is -0.294 e. The maximum Gasteiger partial charge on any atom is 0.235 e. The molecule has 0 amide bonds. The molecule has 0 N–H and O–H groups in total. The van der Waals surface area contributed by atoms with Crippen molar-refractivity contribution in [3.05, 3.63) is 46.0 Å². The van der Waals surface area contributed by atoms with E-state index in [-0.39, 0.29) is 16.9 Å². The third-order valence-corrected chi connectivity index (χ3v) is 5.50. The number of benzene rings is 1. The molecular formula is C18H26N2O2. The van der Waals surface area contributed by atoms with Gasteiger partial charge in [0, 0.05) is 4.92 Å². The molecule has 2 aliphatic rings. The summed E-state index contributed by atoms with van der Waals surface area (Å²) in [6.07, 6.45) is 5.83. The highest BCUT2D eigenvalue weighted by Gasteiger charge is 2.60. The fraction of sp³-hybridized carbons (Fsp3) is 0.667. The lowest BCUT2D eigenvalue weighted by Gasteiger charge is -2.50. The van der Waals surface area contributed by atoms with Crippen LogP contribution in [-0.2, 0) is 0 Å². The number of hydrogen-bond acceptors (Lipinski definition) is 3. The summed E-state index contributed by atoms with van der Waals surface area (Å²) < 4.78 is 0. The Morgan fingerprint density at radius 2 is 1.91 bits per heavy atom. The van der Waals surface area contributed by atoms with E-state index in [1.807, 2.05) is 18.2 Å². The van der Waals surface area contributed by atoms with Crippen LogP contribution in [0.3, 0.4) is 0 Å². The van der Waals surface area contributed by atoms with Crippen LogP contribution in [0.15, 0.2) is 30.3 Å². The van der Waals surface area contributed by atoms with Gasteiger partial charge in [0.1, 0.15) is 0 Å². The van der Waals surface area contributed by atoms with Crippen LogP contribution in [0.2, 0.25) is 0 Å². The third kappa shape index (κ3) is 2.76. The van der Waals surface area contributed by atoms with Crippen molar-refractivity contribution in [2.45, 2.75) is 57.0 Å². The second-order valence-corrected chi connectivity index (χ2v) is 6.75. The SMILES string of the molecule is CCCCC1C(c2ccccc2)C([N+](=O)[O-])C1N1CCCC1. The molecule has 120 valence electrons. The predicted molar refractivity (Wildman–Crippen MR) is 87.6 cm³/mol. The zero-order chi connectivity index (χ0) is 15.5. The van der Waals surface area contributed by atoms with Crippen molar-refractivity contribution < 1.29 is 4.92 Å². The summed E-state index contributed by atoms with van der Waals surface area (Å²) in [6, 6.07) is 9.86. The maximum absolute atomic E-state index is 11.7. The zero-order valence-electron chi connectivity index (χ0n) is 13.4. The van der Waals surface area contributed by atoms with Crippen molar-refractivity contribution in [2.75, 3.05) is 13.1 Å². The van der Waals surface area contributed by atoms with Crippen LogP contribution in [0.25, 0.3) is 0 Å². The zero-order valence-corrected chi connectivity index (χ0v) is 13.4. The molecule has 4 heteroatoms. The highest BCUT2D eigenvalue weighted by molar-refractivity contribution is 5.28. The van der Waals surface area contributed by atoms with E-state index in [9.17, 15) is 10.1 Å². The van der Waals surface area contributed by atoms with E-state index in [4.69, 9.17) is 0 Å². The van der Waals surface area contributed by atoms with Crippen molar-refractivity contribution in [1.29, 1.82) is 0 Å². The fourth-order valence-electron chi connectivity index (χ4n) is 4.48. The average molecular weight is 302 g/mol. The molecule has 4 unspecified atom stereocenters. The van der Waals surface area contributed by atoms with Crippen molar-refractivity contribution in [3.63, 3.8) is 0 Å². The molecular weight excluding hydrogens is 276 g/mol. The van der Waals surface area contributed by atoms with Crippen LogP contribution in [0.4, 0.5) is 0 Å². The Morgan fingerprint density at radius 3 is 2.50 bits per heavy atom. The first kappa shape index (κ1) is 15.5. The van der Waals surface area contributed by atoms with Crippen molar-refractivity contribution in [3.8, 4) is 0 Å². The maximum atomic E-state index is 11.7. The first-order valence-corrected chi connectivity index (χ1v) is 8.66. The first-order valence-electron chi connectivity index (χ1n) is 8.66. The minimum absolute atomic E-state index is 0.0108. The second kappa shape index (κ2) is 6.78. The van der Waals surface area contributed by atoms with Crippen LogP contribution >= 0.6 is 0 Å². The van der Waals surface area contributed by atoms with Gasteiger partial charge in [-0.2, -0.15) is 0 Å². The minimum atomic E-state index is -0.428. The molecule has 1 saturated carbocycles. The summed E-state index contributed by atoms with van der Waals surface area (Å²) in [7, 11) is 0. The average Bonchev–Trinajstić information content (AvgIpc) is 3.01. The predicted octanol–water partition coefficient (Wildman–Crippen LogP) is 3.70. The summed E-state index contributed by atoms with van der Waals surface area (Å²) in [6.45, 7) is 4.28. The van der Waals surface area contributed by atoms with E-state index in [0.717, 1.165) is 31.5 Å². The molecule has 0 radical (unpaired) electrons. The first-order chi connectivity index (χ1) is 10.7. The fourth-order valence-corrected chi connectivity index (χ4v) is 4.48. The molecule has 1 saturated heterocycles.